The van der Waals surface area contributed by atoms with E-state index in [2.05, 4.69) is 15.5 Å². The molecule has 0 saturated carbocycles. The Kier molecular flexibility index (Phi) is 3.65. The Bertz CT molecular complexity index is 529. The van der Waals surface area contributed by atoms with Crippen molar-refractivity contribution in [1.29, 1.82) is 0 Å². The van der Waals surface area contributed by atoms with Crippen LogP contribution in [0.2, 0.25) is 4.47 Å². The van der Waals surface area contributed by atoms with Crippen LogP contribution >= 0.6 is 22.9 Å². The Morgan fingerprint density at radius 1 is 1.35 bits per heavy atom. The molecule has 0 radical (unpaired) electrons. The molecule has 17 heavy (non-hydrogen) atoms. The highest BCUT2D eigenvalue weighted by molar-refractivity contribution is 7.17. The highest BCUT2D eigenvalue weighted by Crippen LogP contribution is 2.14. The van der Waals surface area contributed by atoms with Gasteiger partial charge in [0.15, 0.2) is 0 Å². The van der Waals surface area contributed by atoms with Gasteiger partial charge < -0.3 is 5.32 Å². The number of aromatic nitrogens is 2. The smallest absolute Gasteiger partial charge is 0.282 e. The summed E-state index contributed by atoms with van der Waals surface area (Å²) in [6, 6.07) is 5.87. The zero-order valence-corrected chi connectivity index (χ0v) is 10.1. The molecule has 0 bridgehead atoms. The summed E-state index contributed by atoms with van der Waals surface area (Å²) in [6.07, 6.45) is 0. The predicted octanol–water partition coefficient (Wildman–Crippen LogP) is 2.26. The molecule has 0 saturated heterocycles. The van der Waals surface area contributed by atoms with Crippen LogP contribution in [0, 0.1) is 5.82 Å². The van der Waals surface area contributed by atoms with Crippen LogP contribution in [0.5, 0.6) is 0 Å². The van der Waals surface area contributed by atoms with E-state index in [4.69, 9.17) is 11.6 Å². The summed E-state index contributed by atoms with van der Waals surface area (Å²) in [5.74, 6) is -0.658. The molecule has 88 valence electrons. The SMILES string of the molecule is O=C(NCc1ccc(F)cc1)c1nnc(Cl)s1. The maximum atomic E-state index is 12.6. The number of nitrogens with zero attached hydrogens (tertiary/aromatic N) is 2. The van der Waals surface area contributed by atoms with Crippen LogP contribution in [-0.2, 0) is 6.54 Å². The summed E-state index contributed by atoms with van der Waals surface area (Å²) < 4.78 is 12.9. The van der Waals surface area contributed by atoms with Crippen molar-refractivity contribution in [1.82, 2.24) is 15.5 Å². The number of carbonyl (C=O) groups excluding carboxylic acids is 1. The van der Waals surface area contributed by atoms with E-state index in [0.29, 0.717) is 6.54 Å². The largest absolute Gasteiger partial charge is 0.346 e. The van der Waals surface area contributed by atoms with E-state index >= 15 is 0 Å². The minimum atomic E-state index is -0.348. The monoisotopic (exact) mass is 271 g/mol. The number of hydrogen-bond acceptors (Lipinski definition) is 4. The van der Waals surface area contributed by atoms with Gasteiger partial charge in [0.25, 0.3) is 5.91 Å². The Labute approximate surface area is 105 Å². The molecule has 1 N–H and O–H groups in total. The maximum Gasteiger partial charge on any atom is 0.282 e. The minimum absolute atomic E-state index is 0.206. The fourth-order valence-corrected chi connectivity index (χ4v) is 1.90. The highest BCUT2D eigenvalue weighted by atomic mass is 35.5. The lowest BCUT2D eigenvalue weighted by Crippen LogP contribution is -2.22. The first-order valence-electron chi connectivity index (χ1n) is 4.67. The van der Waals surface area contributed by atoms with Gasteiger partial charge >= 0.3 is 0 Å². The molecule has 1 aromatic heterocycles. The number of halogens is 2. The molecule has 0 unspecified atom stereocenters. The van der Waals surface area contributed by atoms with Gasteiger partial charge in [-0.15, -0.1) is 10.2 Å². The molecule has 0 aliphatic heterocycles. The summed E-state index contributed by atoms with van der Waals surface area (Å²) in [5, 5.41) is 9.98. The van der Waals surface area contributed by atoms with Crippen molar-refractivity contribution in [3.8, 4) is 0 Å². The summed E-state index contributed by atoms with van der Waals surface area (Å²) in [6.45, 7) is 0.302. The van der Waals surface area contributed by atoms with Gasteiger partial charge in [-0.25, -0.2) is 4.39 Å². The van der Waals surface area contributed by atoms with E-state index in [-0.39, 0.29) is 21.2 Å². The van der Waals surface area contributed by atoms with Crippen molar-refractivity contribution in [2.45, 2.75) is 6.54 Å². The molecule has 2 aromatic rings. The number of rotatable bonds is 3. The van der Waals surface area contributed by atoms with Crippen molar-refractivity contribution in [2.24, 2.45) is 0 Å². The molecule has 0 fully saturated rings. The number of hydrogen-bond donors (Lipinski definition) is 1. The Balaban J connectivity index is 1.94. The standard InChI is InChI=1S/C10H7ClFN3OS/c11-10-15-14-9(17-10)8(16)13-5-6-1-3-7(12)4-2-6/h1-4H,5H2,(H,13,16). The fourth-order valence-electron chi connectivity index (χ4n) is 1.16. The fraction of sp³-hybridized carbons (Fsp3) is 0.100. The van der Waals surface area contributed by atoms with E-state index in [1.165, 1.54) is 12.1 Å². The minimum Gasteiger partial charge on any atom is -0.346 e. The molecule has 2 rings (SSSR count). The van der Waals surface area contributed by atoms with Gasteiger partial charge in [0.2, 0.25) is 9.47 Å². The summed E-state index contributed by atoms with van der Waals surface area (Å²) in [5.41, 5.74) is 0.801. The molecule has 0 aliphatic rings. The lowest BCUT2D eigenvalue weighted by Gasteiger charge is -2.02. The highest BCUT2D eigenvalue weighted by Gasteiger charge is 2.11. The number of amides is 1. The van der Waals surface area contributed by atoms with Crippen molar-refractivity contribution < 1.29 is 9.18 Å². The lowest BCUT2D eigenvalue weighted by atomic mass is 10.2. The van der Waals surface area contributed by atoms with Crippen molar-refractivity contribution in [3.05, 3.63) is 45.1 Å². The van der Waals surface area contributed by atoms with Crippen LogP contribution < -0.4 is 5.32 Å². The van der Waals surface area contributed by atoms with E-state index < -0.39 is 0 Å². The lowest BCUT2D eigenvalue weighted by molar-refractivity contribution is 0.0950. The molecule has 0 spiro atoms. The molecule has 0 atom stereocenters. The van der Waals surface area contributed by atoms with Crippen LogP contribution in [0.4, 0.5) is 4.39 Å². The zero-order chi connectivity index (χ0) is 12.3. The average Bonchev–Trinajstić information content (AvgIpc) is 2.75. The van der Waals surface area contributed by atoms with Crippen LogP contribution in [-0.4, -0.2) is 16.1 Å². The van der Waals surface area contributed by atoms with E-state index in [1.807, 2.05) is 0 Å². The van der Waals surface area contributed by atoms with Crippen LogP contribution in [0.15, 0.2) is 24.3 Å². The Morgan fingerprint density at radius 2 is 2.06 bits per heavy atom. The molecular formula is C10H7ClFN3OS. The topological polar surface area (TPSA) is 54.9 Å². The van der Waals surface area contributed by atoms with Gasteiger partial charge in [-0.2, -0.15) is 0 Å². The van der Waals surface area contributed by atoms with Crippen LogP contribution in [0.25, 0.3) is 0 Å². The van der Waals surface area contributed by atoms with E-state index in [0.717, 1.165) is 16.9 Å². The molecule has 1 heterocycles. The van der Waals surface area contributed by atoms with Gasteiger partial charge in [0, 0.05) is 6.54 Å². The number of nitrogens with one attached hydrogen (secondary N) is 1. The summed E-state index contributed by atoms with van der Waals surface area (Å²) in [4.78, 5) is 11.6. The van der Waals surface area contributed by atoms with Gasteiger partial charge in [0.05, 0.1) is 0 Å². The first-order chi connectivity index (χ1) is 8.15. The average molecular weight is 272 g/mol. The third-order valence-electron chi connectivity index (χ3n) is 1.96. The summed E-state index contributed by atoms with van der Waals surface area (Å²) >= 11 is 6.57. The van der Waals surface area contributed by atoms with Crippen molar-refractivity contribution in [3.63, 3.8) is 0 Å². The number of carbonyl (C=O) groups is 1. The second-order valence-corrected chi connectivity index (χ2v) is 4.73. The number of benzene rings is 1. The second kappa shape index (κ2) is 5.20. The van der Waals surface area contributed by atoms with Crippen molar-refractivity contribution in [2.75, 3.05) is 0 Å². The second-order valence-electron chi connectivity index (χ2n) is 3.17. The van der Waals surface area contributed by atoms with Gasteiger partial charge in [-0.05, 0) is 29.3 Å². The Hall–Kier alpha value is -1.53. The third kappa shape index (κ3) is 3.21. The Morgan fingerprint density at radius 3 is 2.65 bits per heavy atom. The summed E-state index contributed by atoms with van der Waals surface area (Å²) in [7, 11) is 0. The molecule has 0 aliphatic carbocycles. The molecule has 1 aromatic carbocycles. The van der Waals surface area contributed by atoms with E-state index in [1.54, 1.807) is 12.1 Å². The van der Waals surface area contributed by atoms with Gasteiger partial charge in [-0.1, -0.05) is 23.5 Å². The zero-order valence-electron chi connectivity index (χ0n) is 8.48. The van der Waals surface area contributed by atoms with Crippen molar-refractivity contribution >= 4 is 28.8 Å². The van der Waals surface area contributed by atoms with E-state index in [9.17, 15) is 9.18 Å². The van der Waals surface area contributed by atoms with Crippen LogP contribution in [0.1, 0.15) is 15.4 Å². The molecular weight excluding hydrogens is 265 g/mol. The first-order valence-corrected chi connectivity index (χ1v) is 5.86. The maximum absolute atomic E-state index is 12.6. The van der Waals surface area contributed by atoms with Gasteiger partial charge in [-0.3, -0.25) is 4.79 Å². The first kappa shape index (κ1) is 11.9. The van der Waals surface area contributed by atoms with Gasteiger partial charge in [0.1, 0.15) is 5.82 Å². The molecule has 4 nitrogen and oxygen atoms in total. The normalized spacial score (nSPS) is 10.2. The predicted molar refractivity (Wildman–Crippen MR) is 62.5 cm³/mol. The molecule has 7 heteroatoms. The third-order valence-corrected chi connectivity index (χ3v) is 2.98. The quantitative estimate of drug-likeness (QED) is 0.932. The molecule has 1 amide bonds. The van der Waals surface area contributed by atoms with Crippen LogP contribution in [0.3, 0.4) is 0 Å².